The van der Waals surface area contributed by atoms with Crippen molar-refractivity contribution in [2.45, 2.75) is 32.1 Å². The van der Waals surface area contributed by atoms with E-state index in [1.165, 1.54) is 0 Å². The highest BCUT2D eigenvalue weighted by atomic mass is 35.5. The number of piperidine rings is 1. The van der Waals surface area contributed by atoms with E-state index in [2.05, 4.69) is 35.9 Å². The molecule has 2 atom stereocenters. The van der Waals surface area contributed by atoms with E-state index in [9.17, 15) is 14.7 Å². The molecule has 5 rings (SSSR count). The van der Waals surface area contributed by atoms with Gasteiger partial charge in [0.05, 0.1) is 23.8 Å². The van der Waals surface area contributed by atoms with Crippen molar-refractivity contribution in [1.29, 1.82) is 0 Å². The zero-order chi connectivity index (χ0) is 25.9. The first-order chi connectivity index (χ1) is 17.9. The van der Waals surface area contributed by atoms with Gasteiger partial charge >= 0.3 is 5.97 Å². The molecule has 1 aromatic carbocycles. The Hall–Kier alpha value is -3.81. The minimum Gasteiger partial charge on any atom is -0.477 e. The molecular formula is C23H23ClN8O4S. The second-order valence-electron chi connectivity index (χ2n) is 8.53. The molecule has 3 aromatic heterocycles. The van der Waals surface area contributed by atoms with E-state index in [0.29, 0.717) is 47.7 Å². The molecule has 4 N–H and O–H groups in total. The van der Waals surface area contributed by atoms with Gasteiger partial charge in [-0.1, -0.05) is 53.3 Å². The Labute approximate surface area is 220 Å². The summed E-state index contributed by atoms with van der Waals surface area (Å²) in [5.41, 5.74) is 2.27. The summed E-state index contributed by atoms with van der Waals surface area (Å²) in [6.45, 7) is 3.07. The topological polar surface area (TPSA) is 162 Å². The van der Waals surface area contributed by atoms with Crippen molar-refractivity contribution in [3.05, 3.63) is 63.2 Å². The van der Waals surface area contributed by atoms with Crippen LogP contribution in [0.25, 0.3) is 11.5 Å². The Morgan fingerprint density at radius 1 is 1.32 bits per heavy atom. The van der Waals surface area contributed by atoms with Crippen LogP contribution in [0.1, 0.15) is 37.8 Å². The van der Waals surface area contributed by atoms with Crippen molar-refractivity contribution in [2.75, 3.05) is 18.0 Å². The third-order valence-electron chi connectivity index (χ3n) is 6.03. The molecule has 0 spiro atoms. The van der Waals surface area contributed by atoms with Gasteiger partial charge in [0.15, 0.2) is 11.0 Å². The molecule has 0 aliphatic carbocycles. The van der Waals surface area contributed by atoms with Crippen LogP contribution in [0, 0.1) is 6.92 Å². The van der Waals surface area contributed by atoms with Crippen LogP contribution in [-0.4, -0.2) is 72.8 Å². The monoisotopic (exact) mass is 542 g/mol. The lowest BCUT2D eigenvalue weighted by molar-refractivity contribution is 0.00967. The average molecular weight is 543 g/mol. The number of hydrogen-bond acceptors (Lipinski definition) is 9. The van der Waals surface area contributed by atoms with Gasteiger partial charge in [0, 0.05) is 18.8 Å². The summed E-state index contributed by atoms with van der Waals surface area (Å²) < 4.78 is 6.29. The van der Waals surface area contributed by atoms with Gasteiger partial charge in [0.1, 0.15) is 16.3 Å². The highest BCUT2D eigenvalue weighted by molar-refractivity contribution is 7.17. The fourth-order valence-corrected chi connectivity index (χ4v) is 5.21. The van der Waals surface area contributed by atoms with Crippen molar-refractivity contribution in [2.24, 2.45) is 0 Å². The maximum atomic E-state index is 12.9. The largest absolute Gasteiger partial charge is 0.477 e. The summed E-state index contributed by atoms with van der Waals surface area (Å²) in [6, 6.07) is 11.1. The fraction of sp³-hybridized carbons (Fsp3) is 0.304. The van der Waals surface area contributed by atoms with Gasteiger partial charge in [-0.05, 0) is 35.4 Å². The number of thiazole rings is 1. The van der Waals surface area contributed by atoms with Crippen LogP contribution < -0.4 is 10.2 Å². The molecule has 0 bridgehead atoms. The van der Waals surface area contributed by atoms with Crippen LogP contribution >= 0.6 is 22.9 Å². The van der Waals surface area contributed by atoms with Gasteiger partial charge in [-0.2, -0.15) is 0 Å². The standard InChI is InChI=1S/C23H23ClN8O4S/c1-12-14(24)9-16(25-12)21(33)26-15-7-8-32(10-17(15)36-11-13-5-3-2-4-6-13)23-27-18(19(37-23)22(34)35)20-28-30-31-29-20/h2-6,9,15,17,25H,7-8,10-11H2,1H3,(H,26,33)(H,34,35)(H,28,29,30,31)/t15-,17+/m1/s1. The second-order valence-corrected chi connectivity index (χ2v) is 9.92. The molecule has 0 unspecified atom stereocenters. The Balaban J connectivity index is 1.37. The van der Waals surface area contributed by atoms with Crippen LogP contribution in [0.4, 0.5) is 5.13 Å². The molecular weight excluding hydrogens is 520 g/mol. The molecule has 4 aromatic rings. The van der Waals surface area contributed by atoms with Crippen molar-refractivity contribution < 1.29 is 19.4 Å². The number of benzene rings is 1. The van der Waals surface area contributed by atoms with Gasteiger partial charge < -0.3 is 25.0 Å². The Bertz CT molecular complexity index is 1370. The van der Waals surface area contributed by atoms with E-state index < -0.39 is 12.1 Å². The minimum atomic E-state index is -1.12. The number of nitrogens with one attached hydrogen (secondary N) is 3. The molecule has 1 aliphatic heterocycles. The fourth-order valence-electron chi connectivity index (χ4n) is 4.11. The summed E-state index contributed by atoms with van der Waals surface area (Å²) in [5, 5.41) is 27.2. The number of carbonyl (C=O) groups is 2. The number of aromatic nitrogens is 6. The van der Waals surface area contributed by atoms with Gasteiger partial charge in [-0.25, -0.2) is 14.9 Å². The first-order valence-corrected chi connectivity index (χ1v) is 12.6. The molecule has 0 radical (unpaired) electrons. The highest BCUT2D eigenvalue weighted by Crippen LogP contribution is 2.33. The smallest absolute Gasteiger partial charge is 0.348 e. The van der Waals surface area contributed by atoms with Crippen LogP contribution in [0.5, 0.6) is 0 Å². The molecule has 192 valence electrons. The van der Waals surface area contributed by atoms with Gasteiger partial charge in [0.25, 0.3) is 5.91 Å². The number of halogens is 1. The SMILES string of the molecule is Cc1[nH]c(C(=O)N[C@@H]2CCN(c3nc(-c4nnn[nH]4)c(C(=O)O)s3)C[C@@H]2OCc2ccccc2)cc1Cl. The number of ether oxygens (including phenoxy) is 1. The van der Waals surface area contributed by atoms with Crippen LogP contribution in [0.2, 0.25) is 5.02 Å². The number of aryl methyl sites for hydroxylation is 1. The summed E-state index contributed by atoms with van der Waals surface area (Å²) in [6.07, 6.45) is 0.164. The molecule has 14 heteroatoms. The minimum absolute atomic E-state index is 0.0322. The Morgan fingerprint density at radius 2 is 2.14 bits per heavy atom. The number of hydrogen-bond donors (Lipinski definition) is 4. The van der Waals surface area contributed by atoms with Crippen molar-refractivity contribution in [3.63, 3.8) is 0 Å². The number of carboxylic acids is 1. The molecule has 1 saturated heterocycles. The number of H-pyrrole nitrogens is 2. The van der Waals surface area contributed by atoms with E-state index in [-0.39, 0.29) is 28.3 Å². The number of nitrogens with zero attached hydrogens (tertiary/aromatic N) is 5. The Morgan fingerprint density at radius 3 is 2.81 bits per heavy atom. The summed E-state index contributed by atoms with van der Waals surface area (Å²) in [4.78, 5) is 34.3. The zero-order valence-electron chi connectivity index (χ0n) is 19.6. The molecule has 37 heavy (non-hydrogen) atoms. The summed E-state index contributed by atoms with van der Waals surface area (Å²) in [7, 11) is 0. The van der Waals surface area contributed by atoms with Crippen LogP contribution in [0.15, 0.2) is 36.4 Å². The van der Waals surface area contributed by atoms with Crippen LogP contribution in [0.3, 0.4) is 0 Å². The molecule has 12 nitrogen and oxygen atoms in total. The third kappa shape index (κ3) is 5.48. The first-order valence-electron chi connectivity index (χ1n) is 11.4. The molecule has 4 heterocycles. The van der Waals surface area contributed by atoms with E-state index >= 15 is 0 Å². The van der Waals surface area contributed by atoms with E-state index in [1.807, 2.05) is 35.2 Å². The molecule has 1 amide bonds. The van der Waals surface area contributed by atoms with E-state index in [4.69, 9.17) is 16.3 Å². The quantitative estimate of drug-likeness (QED) is 0.262. The van der Waals surface area contributed by atoms with Crippen LogP contribution in [-0.2, 0) is 11.3 Å². The van der Waals surface area contributed by atoms with Gasteiger partial charge in [-0.3, -0.25) is 4.79 Å². The number of carboxylic acid groups (broad SMARTS) is 1. The summed E-state index contributed by atoms with van der Waals surface area (Å²) in [5.74, 6) is -1.21. The molecule has 1 fully saturated rings. The van der Waals surface area contributed by atoms with Crippen molar-refractivity contribution in [3.8, 4) is 11.5 Å². The lowest BCUT2D eigenvalue weighted by atomic mass is 10.0. The summed E-state index contributed by atoms with van der Waals surface area (Å²) >= 11 is 7.16. The highest BCUT2D eigenvalue weighted by Gasteiger charge is 2.34. The second kappa shape index (κ2) is 10.7. The lowest BCUT2D eigenvalue weighted by Gasteiger charge is -2.38. The third-order valence-corrected chi connectivity index (χ3v) is 7.53. The van der Waals surface area contributed by atoms with Crippen molar-refractivity contribution >= 4 is 39.9 Å². The Kier molecular flexibility index (Phi) is 7.17. The van der Waals surface area contributed by atoms with Gasteiger partial charge in [-0.15, -0.1) is 5.10 Å². The predicted octanol–water partition coefficient (Wildman–Crippen LogP) is 2.91. The number of tetrazole rings is 1. The number of carbonyl (C=O) groups excluding carboxylic acids is 1. The zero-order valence-corrected chi connectivity index (χ0v) is 21.2. The maximum absolute atomic E-state index is 12.9. The van der Waals surface area contributed by atoms with Crippen molar-refractivity contribution in [1.82, 2.24) is 35.9 Å². The molecule has 1 aliphatic rings. The van der Waals surface area contributed by atoms with E-state index in [0.717, 1.165) is 16.9 Å². The number of anilines is 1. The lowest BCUT2D eigenvalue weighted by Crippen LogP contribution is -2.55. The van der Waals surface area contributed by atoms with Gasteiger partial charge in [0.2, 0.25) is 0 Å². The average Bonchev–Trinajstić information content (AvgIpc) is 3.64. The number of aromatic amines is 2. The molecule has 0 saturated carbocycles. The number of aromatic carboxylic acids is 1. The first kappa shape index (κ1) is 24.9. The maximum Gasteiger partial charge on any atom is 0.348 e. The number of rotatable bonds is 8. The van der Waals surface area contributed by atoms with E-state index in [1.54, 1.807) is 13.0 Å². The number of amides is 1. The predicted molar refractivity (Wildman–Crippen MR) is 136 cm³/mol. The normalized spacial score (nSPS) is 17.6.